The molecule has 0 aliphatic heterocycles. The number of likely N-dealkylation sites (N-methyl/N-ethyl adjacent to an activating group) is 1. The molecule has 0 aliphatic rings. The Morgan fingerprint density at radius 3 is 2.40 bits per heavy atom. The van der Waals surface area contributed by atoms with Crippen molar-refractivity contribution in [1.29, 1.82) is 0 Å². The van der Waals surface area contributed by atoms with Crippen molar-refractivity contribution in [2.75, 3.05) is 33.3 Å². The molecule has 1 atom stereocenters. The maximum atomic E-state index is 12.0. The van der Waals surface area contributed by atoms with E-state index in [0.717, 1.165) is 0 Å². The van der Waals surface area contributed by atoms with Crippen molar-refractivity contribution >= 4 is 0 Å². The van der Waals surface area contributed by atoms with Crippen LogP contribution in [-0.2, 0) is 0 Å². The average molecular weight is 228 g/mol. The molecule has 0 aromatic carbocycles. The Hall–Kier alpha value is -0.330. The van der Waals surface area contributed by atoms with Gasteiger partial charge in [0.1, 0.15) is 0 Å². The first-order valence-electron chi connectivity index (χ1n) is 4.98. The number of aliphatic hydroxyl groups is 1. The second-order valence-electron chi connectivity index (χ2n) is 3.58. The van der Waals surface area contributed by atoms with Gasteiger partial charge in [0.2, 0.25) is 0 Å². The van der Waals surface area contributed by atoms with Crippen molar-refractivity contribution in [2.24, 2.45) is 0 Å². The number of halogens is 3. The Kier molecular flexibility index (Phi) is 6.87. The Morgan fingerprint density at radius 2 is 2.00 bits per heavy atom. The fraction of sp³-hybridized carbons (Fsp3) is 1.00. The van der Waals surface area contributed by atoms with Gasteiger partial charge in [-0.25, -0.2) is 0 Å². The molecular weight excluding hydrogens is 209 g/mol. The third kappa shape index (κ3) is 8.65. The third-order valence-electron chi connectivity index (χ3n) is 2.02. The van der Waals surface area contributed by atoms with Gasteiger partial charge in [-0.2, -0.15) is 13.2 Å². The predicted molar refractivity (Wildman–Crippen MR) is 52.7 cm³/mol. The molecule has 0 fully saturated rings. The molecule has 0 saturated carbocycles. The van der Waals surface area contributed by atoms with E-state index < -0.39 is 12.7 Å². The molecule has 0 amide bonds. The Bertz CT molecular complexity index is 164. The van der Waals surface area contributed by atoms with E-state index in [4.69, 9.17) is 5.11 Å². The van der Waals surface area contributed by atoms with Gasteiger partial charge in [0.25, 0.3) is 0 Å². The molecule has 0 aliphatic carbocycles. The van der Waals surface area contributed by atoms with Crippen molar-refractivity contribution in [2.45, 2.75) is 25.6 Å². The molecule has 15 heavy (non-hydrogen) atoms. The monoisotopic (exact) mass is 228 g/mol. The molecule has 0 heterocycles. The molecule has 0 radical (unpaired) electrons. The molecule has 3 nitrogen and oxygen atoms in total. The predicted octanol–water partition coefficient (Wildman–Crippen LogP) is 0.841. The van der Waals surface area contributed by atoms with Crippen LogP contribution in [0, 0.1) is 0 Å². The van der Waals surface area contributed by atoms with E-state index in [0.29, 0.717) is 19.5 Å². The highest BCUT2D eigenvalue weighted by Gasteiger charge is 2.29. The summed E-state index contributed by atoms with van der Waals surface area (Å²) in [4.78, 5) is 1.21. The van der Waals surface area contributed by atoms with Gasteiger partial charge in [-0.05, 0) is 26.6 Å². The molecule has 2 N–H and O–H groups in total. The summed E-state index contributed by atoms with van der Waals surface area (Å²) in [7, 11) is 1.42. The first-order valence-corrected chi connectivity index (χ1v) is 4.98. The fourth-order valence-corrected chi connectivity index (χ4v) is 1.31. The van der Waals surface area contributed by atoms with Crippen molar-refractivity contribution in [1.82, 2.24) is 10.2 Å². The third-order valence-corrected chi connectivity index (χ3v) is 2.02. The van der Waals surface area contributed by atoms with Gasteiger partial charge in [-0.1, -0.05) is 6.92 Å². The number of nitrogens with one attached hydrogen (secondary N) is 1. The number of nitrogens with zero attached hydrogens (tertiary/aromatic N) is 1. The minimum absolute atomic E-state index is 0.0479. The number of aliphatic hydroxyl groups excluding tert-OH is 1. The molecule has 1 unspecified atom stereocenters. The summed E-state index contributed by atoms with van der Waals surface area (Å²) in [5.74, 6) is 0. The molecule has 0 aromatic rings. The number of rotatable bonds is 7. The highest BCUT2D eigenvalue weighted by atomic mass is 19.4. The first kappa shape index (κ1) is 14.7. The zero-order chi connectivity index (χ0) is 11.9. The van der Waals surface area contributed by atoms with Gasteiger partial charge in [0, 0.05) is 6.04 Å². The van der Waals surface area contributed by atoms with Gasteiger partial charge in [-0.3, -0.25) is 4.90 Å². The summed E-state index contributed by atoms with van der Waals surface area (Å²) in [5, 5.41) is 11.9. The summed E-state index contributed by atoms with van der Waals surface area (Å²) in [6.07, 6.45) is -3.64. The summed E-state index contributed by atoms with van der Waals surface area (Å²) in [6, 6.07) is -0.120. The van der Waals surface area contributed by atoms with Crippen LogP contribution in [0.1, 0.15) is 13.3 Å². The van der Waals surface area contributed by atoms with Crippen LogP contribution in [-0.4, -0.2) is 55.5 Å². The van der Waals surface area contributed by atoms with Gasteiger partial charge in [0.15, 0.2) is 0 Å². The Balaban J connectivity index is 3.73. The first-order chi connectivity index (χ1) is 6.89. The van der Waals surface area contributed by atoms with Crippen LogP contribution >= 0.6 is 0 Å². The van der Waals surface area contributed by atoms with Gasteiger partial charge >= 0.3 is 6.18 Å². The van der Waals surface area contributed by atoms with Crippen molar-refractivity contribution in [3.63, 3.8) is 0 Å². The smallest absolute Gasteiger partial charge is 0.395 e. The minimum atomic E-state index is -4.15. The Labute approximate surface area is 88.3 Å². The van der Waals surface area contributed by atoms with Gasteiger partial charge in [-0.15, -0.1) is 0 Å². The minimum Gasteiger partial charge on any atom is -0.395 e. The standard InChI is InChI=1S/C9H19F3N2O/c1-3-13-8(6-15)4-5-14(2)7-9(10,11)12/h8,13,15H,3-7H2,1-2H3. The number of hydrogen-bond acceptors (Lipinski definition) is 3. The van der Waals surface area contributed by atoms with Crippen LogP contribution in [0.4, 0.5) is 13.2 Å². The molecule has 6 heteroatoms. The molecular formula is C9H19F3N2O. The molecule has 0 bridgehead atoms. The van der Waals surface area contributed by atoms with Crippen LogP contribution in [0.2, 0.25) is 0 Å². The van der Waals surface area contributed by atoms with Crippen LogP contribution in [0.25, 0.3) is 0 Å². The zero-order valence-electron chi connectivity index (χ0n) is 9.14. The van der Waals surface area contributed by atoms with E-state index in [1.807, 2.05) is 6.92 Å². The van der Waals surface area contributed by atoms with E-state index >= 15 is 0 Å². The topological polar surface area (TPSA) is 35.5 Å². The summed E-state index contributed by atoms with van der Waals surface area (Å²) in [5.41, 5.74) is 0. The summed E-state index contributed by atoms with van der Waals surface area (Å²) < 4.78 is 35.9. The number of hydrogen-bond donors (Lipinski definition) is 2. The lowest BCUT2D eigenvalue weighted by atomic mass is 10.2. The lowest BCUT2D eigenvalue weighted by Gasteiger charge is -2.21. The lowest BCUT2D eigenvalue weighted by Crippen LogP contribution is -2.38. The molecule has 0 aromatic heterocycles. The maximum Gasteiger partial charge on any atom is 0.401 e. The van der Waals surface area contributed by atoms with E-state index in [-0.39, 0.29) is 12.6 Å². The highest BCUT2D eigenvalue weighted by Crippen LogP contribution is 2.15. The fourth-order valence-electron chi connectivity index (χ4n) is 1.31. The van der Waals surface area contributed by atoms with Crippen molar-refractivity contribution in [3.05, 3.63) is 0 Å². The van der Waals surface area contributed by atoms with Crippen molar-refractivity contribution < 1.29 is 18.3 Å². The second kappa shape index (κ2) is 7.03. The molecule has 0 spiro atoms. The van der Waals surface area contributed by atoms with E-state index in [1.54, 1.807) is 0 Å². The average Bonchev–Trinajstić information content (AvgIpc) is 2.09. The number of alkyl halides is 3. The highest BCUT2D eigenvalue weighted by molar-refractivity contribution is 4.67. The quantitative estimate of drug-likeness (QED) is 0.678. The molecule has 92 valence electrons. The van der Waals surface area contributed by atoms with Crippen LogP contribution < -0.4 is 5.32 Å². The second-order valence-corrected chi connectivity index (χ2v) is 3.58. The zero-order valence-corrected chi connectivity index (χ0v) is 9.14. The summed E-state index contributed by atoms with van der Waals surface area (Å²) in [6.45, 7) is 1.96. The molecule has 0 saturated heterocycles. The van der Waals surface area contributed by atoms with E-state index in [2.05, 4.69) is 5.32 Å². The summed E-state index contributed by atoms with van der Waals surface area (Å²) >= 11 is 0. The van der Waals surface area contributed by atoms with Gasteiger partial charge in [0.05, 0.1) is 13.2 Å². The van der Waals surface area contributed by atoms with E-state index in [9.17, 15) is 13.2 Å². The van der Waals surface area contributed by atoms with Crippen LogP contribution in [0.15, 0.2) is 0 Å². The van der Waals surface area contributed by atoms with Gasteiger partial charge < -0.3 is 10.4 Å². The van der Waals surface area contributed by atoms with Crippen LogP contribution in [0.3, 0.4) is 0 Å². The lowest BCUT2D eigenvalue weighted by molar-refractivity contribution is -0.143. The largest absolute Gasteiger partial charge is 0.401 e. The SMILES string of the molecule is CCNC(CO)CCN(C)CC(F)(F)F. The molecule has 0 rings (SSSR count). The van der Waals surface area contributed by atoms with E-state index in [1.165, 1.54) is 11.9 Å². The normalized spacial score (nSPS) is 14.6. The van der Waals surface area contributed by atoms with Crippen molar-refractivity contribution in [3.8, 4) is 0 Å². The Morgan fingerprint density at radius 1 is 1.40 bits per heavy atom. The van der Waals surface area contributed by atoms with Crippen LogP contribution in [0.5, 0.6) is 0 Å². The maximum absolute atomic E-state index is 12.0.